The van der Waals surface area contributed by atoms with E-state index in [9.17, 15) is 20.4 Å². The van der Waals surface area contributed by atoms with Crippen LogP contribution in [0.15, 0.2) is 84.9 Å². The Hall–Kier alpha value is -3.92. The summed E-state index contributed by atoms with van der Waals surface area (Å²) in [4.78, 5) is 0. The van der Waals surface area contributed by atoms with Crippen molar-refractivity contribution >= 4 is 0 Å². The van der Waals surface area contributed by atoms with Gasteiger partial charge in [-0.15, -0.1) is 0 Å². The molecule has 38 heavy (non-hydrogen) atoms. The number of benzene rings is 4. The maximum atomic E-state index is 10.5. The summed E-state index contributed by atoms with van der Waals surface area (Å²) in [6.45, 7) is 8.58. The topological polar surface area (TPSA) is 80.9 Å². The molecule has 0 saturated carbocycles. The van der Waals surface area contributed by atoms with Crippen LogP contribution in [0.1, 0.15) is 73.9 Å². The van der Waals surface area contributed by atoms with Gasteiger partial charge in [0, 0.05) is 10.8 Å². The third kappa shape index (κ3) is 5.80. The van der Waals surface area contributed by atoms with Gasteiger partial charge in [0.05, 0.1) is 0 Å². The summed E-state index contributed by atoms with van der Waals surface area (Å²) in [5.41, 5.74) is 5.70. The van der Waals surface area contributed by atoms with E-state index in [0.29, 0.717) is 11.5 Å². The second-order valence-corrected chi connectivity index (χ2v) is 11.2. The molecule has 0 aliphatic carbocycles. The molecule has 0 unspecified atom stereocenters. The van der Waals surface area contributed by atoms with E-state index in [1.807, 2.05) is 36.4 Å². The number of unbranched alkanes of at least 4 members (excludes halogenated alkanes) is 1. The second kappa shape index (κ2) is 10.8. The monoisotopic (exact) mass is 510 g/mol. The lowest BCUT2D eigenvalue weighted by Crippen LogP contribution is -2.19. The zero-order chi connectivity index (χ0) is 27.5. The minimum atomic E-state index is -0.271. The highest BCUT2D eigenvalue weighted by molar-refractivity contribution is 5.46. The maximum absolute atomic E-state index is 10.5. The summed E-state index contributed by atoms with van der Waals surface area (Å²) in [5.74, 6) is 1.10. The zero-order valence-corrected chi connectivity index (χ0v) is 22.7. The molecule has 0 spiro atoms. The summed E-state index contributed by atoms with van der Waals surface area (Å²) in [7, 11) is 0. The van der Waals surface area contributed by atoms with Crippen molar-refractivity contribution in [3.8, 4) is 23.0 Å². The Balaban J connectivity index is 1.44. The van der Waals surface area contributed by atoms with E-state index >= 15 is 0 Å². The predicted octanol–water partition coefficient (Wildman–Crippen LogP) is 7.73. The molecule has 0 heterocycles. The van der Waals surface area contributed by atoms with Crippen molar-refractivity contribution in [2.24, 2.45) is 0 Å². The molecule has 4 N–H and O–H groups in total. The molecule has 198 valence electrons. The molecule has 0 aromatic heterocycles. The lowest BCUT2D eigenvalue weighted by atomic mass is 9.77. The van der Waals surface area contributed by atoms with Gasteiger partial charge in [-0.2, -0.15) is 0 Å². The standard InChI is InChI=1S/C34H38O4/c1-33(2,25-9-15-29(35)16-10-25)27-13-19-31(37)23(21-27)7-5-6-8-24-22-28(14-20-32(24)38)34(3,4)26-11-17-30(36)18-12-26/h9-22,35-38H,5-8H2,1-4H3. The van der Waals surface area contributed by atoms with Crippen molar-refractivity contribution in [1.82, 2.24) is 0 Å². The highest BCUT2D eigenvalue weighted by Crippen LogP contribution is 2.36. The summed E-state index contributed by atoms with van der Waals surface area (Å²) < 4.78 is 0. The molecule has 0 radical (unpaired) electrons. The molecular formula is C34H38O4. The largest absolute Gasteiger partial charge is 0.508 e. The van der Waals surface area contributed by atoms with Crippen LogP contribution in [0, 0.1) is 0 Å². The fourth-order valence-electron chi connectivity index (χ4n) is 5.07. The lowest BCUT2D eigenvalue weighted by Gasteiger charge is -2.27. The first-order valence-electron chi connectivity index (χ1n) is 13.2. The van der Waals surface area contributed by atoms with Crippen LogP contribution in [0.3, 0.4) is 0 Å². The van der Waals surface area contributed by atoms with Gasteiger partial charge < -0.3 is 20.4 Å². The lowest BCUT2D eigenvalue weighted by molar-refractivity contribution is 0.461. The van der Waals surface area contributed by atoms with Gasteiger partial charge in [-0.05, 0) is 95.5 Å². The molecule has 0 fully saturated rings. The molecule has 0 aliphatic heterocycles. The Labute approximate surface area is 225 Å². The average Bonchev–Trinajstić information content (AvgIpc) is 2.88. The fraction of sp³-hybridized carbons (Fsp3) is 0.294. The van der Waals surface area contributed by atoms with Crippen LogP contribution in [0.5, 0.6) is 23.0 Å². The molecule has 0 bridgehead atoms. The number of aryl methyl sites for hydroxylation is 2. The third-order valence-electron chi connectivity index (χ3n) is 7.92. The Morgan fingerprint density at radius 1 is 0.447 bits per heavy atom. The molecular weight excluding hydrogens is 472 g/mol. The SMILES string of the molecule is CC(C)(c1ccc(O)cc1)c1ccc(O)c(CCCCc2cc(C(C)(C)c3ccc(O)cc3)ccc2O)c1. The van der Waals surface area contributed by atoms with E-state index in [1.165, 1.54) is 0 Å². The van der Waals surface area contributed by atoms with Gasteiger partial charge in [0.15, 0.2) is 0 Å². The van der Waals surface area contributed by atoms with Gasteiger partial charge in [0.2, 0.25) is 0 Å². The van der Waals surface area contributed by atoms with Crippen molar-refractivity contribution in [2.45, 2.75) is 64.2 Å². The first-order chi connectivity index (χ1) is 18.0. The Morgan fingerprint density at radius 3 is 1.11 bits per heavy atom. The van der Waals surface area contributed by atoms with Gasteiger partial charge in [-0.25, -0.2) is 0 Å². The van der Waals surface area contributed by atoms with Crippen molar-refractivity contribution in [3.05, 3.63) is 118 Å². The summed E-state index contributed by atoms with van der Waals surface area (Å²) >= 11 is 0. The molecule has 4 nitrogen and oxygen atoms in total. The van der Waals surface area contributed by atoms with E-state index in [2.05, 4.69) is 39.8 Å². The molecule has 4 aromatic rings. The number of hydrogen-bond acceptors (Lipinski definition) is 4. The van der Waals surface area contributed by atoms with Gasteiger partial charge >= 0.3 is 0 Å². The van der Waals surface area contributed by atoms with E-state index in [0.717, 1.165) is 59.1 Å². The van der Waals surface area contributed by atoms with Crippen molar-refractivity contribution in [1.29, 1.82) is 0 Å². The Morgan fingerprint density at radius 2 is 0.763 bits per heavy atom. The summed E-state index contributed by atoms with van der Waals surface area (Å²) in [5, 5.41) is 40.4. The summed E-state index contributed by atoms with van der Waals surface area (Å²) in [6.07, 6.45) is 3.24. The van der Waals surface area contributed by atoms with Gasteiger partial charge in [-0.1, -0.05) is 76.2 Å². The van der Waals surface area contributed by atoms with Gasteiger partial charge in [0.25, 0.3) is 0 Å². The van der Waals surface area contributed by atoms with Crippen molar-refractivity contribution < 1.29 is 20.4 Å². The first kappa shape index (κ1) is 27.1. The highest BCUT2D eigenvalue weighted by Gasteiger charge is 2.25. The van der Waals surface area contributed by atoms with Crippen LogP contribution < -0.4 is 0 Å². The first-order valence-corrected chi connectivity index (χ1v) is 13.2. The smallest absolute Gasteiger partial charge is 0.118 e. The number of aromatic hydroxyl groups is 4. The quantitative estimate of drug-likeness (QED) is 0.174. The van der Waals surface area contributed by atoms with E-state index in [4.69, 9.17) is 0 Å². The predicted molar refractivity (Wildman–Crippen MR) is 153 cm³/mol. The van der Waals surface area contributed by atoms with Crippen LogP contribution in [0.25, 0.3) is 0 Å². The Kier molecular flexibility index (Phi) is 7.73. The van der Waals surface area contributed by atoms with E-state index < -0.39 is 0 Å². The molecule has 4 aromatic carbocycles. The average molecular weight is 511 g/mol. The second-order valence-electron chi connectivity index (χ2n) is 11.2. The van der Waals surface area contributed by atoms with Crippen LogP contribution in [0.4, 0.5) is 0 Å². The number of hydrogen-bond donors (Lipinski definition) is 4. The molecule has 0 aliphatic rings. The zero-order valence-electron chi connectivity index (χ0n) is 22.7. The molecule has 0 amide bonds. The third-order valence-corrected chi connectivity index (χ3v) is 7.92. The van der Waals surface area contributed by atoms with Crippen LogP contribution in [-0.2, 0) is 23.7 Å². The van der Waals surface area contributed by atoms with Gasteiger partial charge in [0.1, 0.15) is 23.0 Å². The maximum Gasteiger partial charge on any atom is 0.118 e. The normalized spacial score (nSPS) is 12.0. The highest BCUT2D eigenvalue weighted by atomic mass is 16.3. The number of rotatable bonds is 9. The molecule has 0 saturated heterocycles. The molecule has 4 rings (SSSR count). The fourth-order valence-corrected chi connectivity index (χ4v) is 5.07. The van der Waals surface area contributed by atoms with Crippen molar-refractivity contribution in [2.75, 3.05) is 0 Å². The number of phenolic OH excluding ortho intramolecular Hbond substituents is 4. The van der Waals surface area contributed by atoms with E-state index in [-0.39, 0.29) is 22.3 Å². The van der Waals surface area contributed by atoms with Crippen LogP contribution in [-0.4, -0.2) is 20.4 Å². The Bertz CT molecular complexity index is 1270. The van der Waals surface area contributed by atoms with E-state index in [1.54, 1.807) is 36.4 Å². The van der Waals surface area contributed by atoms with Gasteiger partial charge in [-0.3, -0.25) is 0 Å². The van der Waals surface area contributed by atoms with Crippen LogP contribution >= 0.6 is 0 Å². The minimum absolute atomic E-state index is 0.247. The van der Waals surface area contributed by atoms with Crippen LogP contribution in [0.2, 0.25) is 0 Å². The van der Waals surface area contributed by atoms with Crippen molar-refractivity contribution in [3.63, 3.8) is 0 Å². The number of phenols is 4. The summed E-state index contributed by atoms with van der Waals surface area (Å²) in [6, 6.07) is 26.2. The minimum Gasteiger partial charge on any atom is -0.508 e. The molecule has 0 atom stereocenters. The molecule has 4 heteroatoms.